The molecule has 0 aromatic heterocycles. The molecule has 5 heteroatoms. The normalized spacial score (nSPS) is 16.1. The van der Waals surface area contributed by atoms with E-state index in [0.29, 0.717) is 29.2 Å². The van der Waals surface area contributed by atoms with Gasteiger partial charge in [0.15, 0.2) is 17.6 Å². The maximum Gasteiger partial charge on any atom is 0.339 e. The predicted octanol–water partition coefficient (Wildman–Crippen LogP) is 2.48. The number of hydrogen-bond donors (Lipinski definition) is 1. The SMILES string of the molecule is COc1cc2c(cc1OCc1ccccc1)C(CO)OC2=O. The van der Waals surface area contributed by atoms with Gasteiger partial charge in [-0.2, -0.15) is 0 Å². The van der Waals surface area contributed by atoms with Crippen LogP contribution in [0.1, 0.15) is 27.6 Å². The summed E-state index contributed by atoms with van der Waals surface area (Å²) in [4.78, 5) is 11.8. The fourth-order valence-corrected chi connectivity index (χ4v) is 2.42. The number of cyclic esters (lactones) is 1. The van der Waals surface area contributed by atoms with E-state index in [-0.39, 0.29) is 6.61 Å². The summed E-state index contributed by atoms with van der Waals surface area (Å²) in [6.07, 6.45) is -0.646. The van der Waals surface area contributed by atoms with E-state index in [1.165, 1.54) is 7.11 Å². The molecule has 0 radical (unpaired) electrons. The molecule has 1 N–H and O–H groups in total. The lowest BCUT2D eigenvalue weighted by atomic mass is 10.0. The molecule has 0 saturated heterocycles. The van der Waals surface area contributed by atoms with E-state index in [1.807, 2.05) is 30.3 Å². The van der Waals surface area contributed by atoms with E-state index >= 15 is 0 Å². The van der Waals surface area contributed by atoms with Gasteiger partial charge < -0.3 is 19.3 Å². The number of methoxy groups -OCH3 is 1. The molecule has 1 atom stereocenters. The first-order valence-corrected chi connectivity index (χ1v) is 6.93. The third-order valence-corrected chi connectivity index (χ3v) is 3.55. The maximum absolute atomic E-state index is 11.8. The Bertz CT molecular complexity index is 681. The largest absolute Gasteiger partial charge is 0.493 e. The van der Waals surface area contributed by atoms with E-state index in [1.54, 1.807) is 12.1 Å². The molecule has 1 aliphatic rings. The first kappa shape index (κ1) is 14.4. The van der Waals surface area contributed by atoms with E-state index in [0.717, 1.165) is 5.56 Å². The highest BCUT2D eigenvalue weighted by molar-refractivity contribution is 5.95. The zero-order valence-corrected chi connectivity index (χ0v) is 12.1. The molecule has 5 nitrogen and oxygen atoms in total. The number of benzene rings is 2. The molecular weight excluding hydrogens is 284 g/mol. The van der Waals surface area contributed by atoms with Crippen LogP contribution in [0.3, 0.4) is 0 Å². The molecule has 0 fully saturated rings. The molecule has 2 aromatic rings. The quantitative estimate of drug-likeness (QED) is 0.859. The van der Waals surface area contributed by atoms with Crippen molar-refractivity contribution in [1.29, 1.82) is 0 Å². The van der Waals surface area contributed by atoms with Gasteiger partial charge in [0, 0.05) is 5.56 Å². The van der Waals surface area contributed by atoms with Crippen LogP contribution in [0.5, 0.6) is 11.5 Å². The van der Waals surface area contributed by atoms with Crippen molar-refractivity contribution in [2.24, 2.45) is 0 Å². The topological polar surface area (TPSA) is 65.0 Å². The molecule has 0 aliphatic carbocycles. The van der Waals surface area contributed by atoms with Crippen LogP contribution in [0.2, 0.25) is 0 Å². The number of fused-ring (bicyclic) bond motifs is 1. The Kier molecular flexibility index (Phi) is 3.98. The molecule has 1 heterocycles. The van der Waals surface area contributed by atoms with Crippen LogP contribution < -0.4 is 9.47 Å². The van der Waals surface area contributed by atoms with E-state index in [2.05, 4.69) is 0 Å². The summed E-state index contributed by atoms with van der Waals surface area (Å²) in [6, 6.07) is 13.0. The fraction of sp³-hybridized carbons (Fsp3) is 0.235. The van der Waals surface area contributed by atoms with Gasteiger partial charge in [-0.05, 0) is 17.7 Å². The molecule has 0 amide bonds. The minimum Gasteiger partial charge on any atom is -0.493 e. The molecule has 2 aromatic carbocycles. The summed E-state index contributed by atoms with van der Waals surface area (Å²) in [5.41, 5.74) is 2.05. The lowest BCUT2D eigenvalue weighted by molar-refractivity contribution is 0.0235. The van der Waals surface area contributed by atoms with Gasteiger partial charge in [0.05, 0.1) is 19.3 Å². The number of carbonyl (C=O) groups excluding carboxylic acids is 1. The Labute approximate surface area is 128 Å². The van der Waals surface area contributed by atoms with E-state index < -0.39 is 12.1 Å². The Morgan fingerprint density at radius 2 is 1.95 bits per heavy atom. The number of rotatable bonds is 5. The molecule has 1 unspecified atom stereocenters. The Balaban J connectivity index is 1.89. The second-order valence-electron chi connectivity index (χ2n) is 4.94. The smallest absolute Gasteiger partial charge is 0.339 e. The van der Waals surface area contributed by atoms with Gasteiger partial charge in [-0.3, -0.25) is 0 Å². The zero-order chi connectivity index (χ0) is 15.5. The number of hydrogen-bond acceptors (Lipinski definition) is 5. The minimum atomic E-state index is -0.646. The van der Waals surface area contributed by atoms with E-state index in [9.17, 15) is 9.90 Å². The molecular formula is C17H16O5. The van der Waals surface area contributed by atoms with Gasteiger partial charge in [0.1, 0.15) is 6.61 Å². The molecule has 1 aliphatic heterocycles. The highest BCUT2D eigenvalue weighted by atomic mass is 16.6. The molecule has 3 rings (SSSR count). The highest BCUT2D eigenvalue weighted by Crippen LogP contribution is 2.39. The van der Waals surface area contributed by atoms with Crippen molar-refractivity contribution in [3.63, 3.8) is 0 Å². The number of carbonyl (C=O) groups is 1. The van der Waals surface area contributed by atoms with Crippen LogP contribution in [0, 0.1) is 0 Å². The maximum atomic E-state index is 11.8. The Morgan fingerprint density at radius 1 is 1.18 bits per heavy atom. The summed E-state index contributed by atoms with van der Waals surface area (Å²) in [5.74, 6) is 0.522. The van der Waals surface area contributed by atoms with Crippen molar-refractivity contribution < 1.29 is 24.1 Å². The van der Waals surface area contributed by atoms with Crippen LogP contribution in [-0.2, 0) is 11.3 Å². The lowest BCUT2D eigenvalue weighted by Crippen LogP contribution is -2.03. The van der Waals surface area contributed by atoms with Crippen molar-refractivity contribution in [3.8, 4) is 11.5 Å². The molecule has 0 saturated carbocycles. The van der Waals surface area contributed by atoms with Crippen molar-refractivity contribution in [1.82, 2.24) is 0 Å². The van der Waals surface area contributed by atoms with Gasteiger partial charge in [0.25, 0.3) is 0 Å². The number of ether oxygens (including phenoxy) is 3. The van der Waals surface area contributed by atoms with Crippen molar-refractivity contribution in [2.75, 3.05) is 13.7 Å². The zero-order valence-electron chi connectivity index (χ0n) is 12.1. The van der Waals surface area contributed by atoms with Crippen molar-refractivity contribution >= 4 is 5.97 Å². The second kappa shape index (κ2) is 6.07. The summed E-state index contributed by atoms with van der Waals surface area (Å²) < 4.78 is 16.2. The highest BCUT2D eigenvalue weighted by Gasteiger charge is 2.32. The Hall–Kier alpha value is -2.53. The van der Waals surface area contributed by atoms with Gasteiger partial charge in [-0.15, -0.1) is 0 Å². The molecule has 0 bridgehead atoms. The number of aliphatic hydroxyl groups excluding tert-OH is 1. The predicted molar refractivity (Wildman–Crippen MR) is 79.0 cm³/mol. The third-order valence-electron chi connectivity index (χ3n) is 3.55. The summed E-state index contributed by atoms with van der Waals surface area (Å²) in [6.45, 7) is 0.123. The average Bonchev–Trinajstić information content (AvgIpc) is 2.88. The first-order chi connectivity index (χ1) is 10.7. The summed E-state index contributed by atoms with van der Waals surface area (Å²) >= 11 is 0. The standard InChI is InChI=1S/C17H16O5/c1-20-14-8-13-12(16(9-18)22-17(13)19)7-15(14)21-10-11-5-3-2-4-6-11/h2-8,16,18H,9-10H2,1H3. The van der Waals surface area contributed by atoms with Crippen LogP contribution >= 0.6 is 0 Å². The van der Waals surface area contributed by atoms with Crippen molar-refractivity contribution in [2.45, 2.75) is 12.7 Å². The summed E-state index contributed by atoms with van der Waals surface area (Å²) in [5, 5.41) is 9.31. The minimum absolute atomic E-state index is 0.261. The average molecular weight is 300 g/mol. The molecule has 0 spiro atoms. The third kappa shape index (κ3) is 2.63. The van der Waals surface area contributed by atoms with E-state index in [4.69, 9.17) is 14.2 Å². The fourth-order valence-electron chi connectivity index (χ4n) is 2.42. The van der Waals surface area contributed by atoms with Gasteiger partial charge in [-0.25, -0.2) is 4.79 Å². The first-order valence-electron chi connectivity index (χ1n) is 6.93. The number of aliphatic hydroxyl groups is 1. The summed E-state index contributed by atoms with van der Waals surface area (Å²) in [7, 11) is 1.51. The molecule has 22 heavy (non-hydrogen) atoms. The number of esters is 1. The van der Waals surface area contributed by atoms with Gasteiger partial charge in [-0.1, -0.05) is 30.3 Å². The van der Waals surface area contributed by atoms with Crippen LogP contribution in [0.4, 0.5) is 0 Å². The Morgan fingerprint density at radius 3 is 2.64 bits per heavy atom. The van der Waals surface area contributed by atoms with Crippen molar-refractivity contribution in [3.05, 3.63) is 59.2 Å². The van der Waals surface area contributed by atoms with Crippen LogP contribution in [0.15, 0.2) is 42.5 Å². The van der Waals surface area contributed by atoms with Gasteiger partial charge >= 0.3 is 5.97 Å². The molecule has 114 valence electrons. The van der Waals surface area contributed by atoms with Crippen LogP contribution in [0.25, 0.3) is 0 Å². The van der Waals surface area contributed by atoms with Crippen LogP contribution in [-0.4, -0.2) is 24.8 Å². The van der Waals surface area contributed by atoms with Gasteiger partial charge in [0.2, 0.25) is 0 Å². The monoisotopic (exact) mass is 300 g/mol. The second-order valence-corrected chi connectivity index (χ2v) is 4.94. The lowest BCUT2D eigenvalue weighted by Gasteiger charge is -2.13.